The molecule has 0 N–H and O–H groups in total. The highest BCUT2D eigenvalue weighted by Crippen LogP contribution is 2.35. The van der Waals surface area contributed by atoms with Gasteiger partial charge < -0.3 is 14.0 Å². The average Bonchev–Trinajstić information content (AvgIpc) is 3.17. The molecular formula is C19H21N3O3. The van der Waals surface area contributed by atoms with Crippen LogP contribution in [-0.2, 0) is 0 Å². The number of nitrogens with zero attached hydrogens (tertiary/aromatic N) is 3. The summed E-state index contributed by atoms with van der Waals surface area (Å²) in [6, 6.07) is 7.70. The fourth-order valence-electron chi connectivity index (χ4n) is 3.44. The van der Waals surface area contributed by atoms with Crippen molar-refractivity contribution in [1.82, 2.24) is 15.1 Å². The van der Waals surface area contributed by atoms with Gasteiger partial charge in [-0.1, -0.05) is 24.4 Å². The topological polar surface area (TPSA) is 70.3 Å². The Hall–Kier alpha value is -2.63. The Kier molecular flexibility index (Phi) is 4.26. The van der Waals surface area contributed by atoms with E-state index >= 15 is 0 Å². The van der Waals surface area contributed by atoms with Gasteiger partial charge >= 0.3 is 0 Å². The van der Waals surface area contributed by atoms with Gasteiger partial charge in [0.2, 0.25) is 17.6 Å². The maximum atomic E-state index is 5.55. The van der Waals surface area contributed by atoms with Crippen LogP contribution in [0.2, 0.25) is 0 Å². The van der Waals surface area contributed by atoms with Crippen molar-refractivity contribution in [3.05, 3.63) is 30.2 Å². The third-order valence-electron chi connectivity index (χ3n) is 4.82. The van der Waals surface area contributed by atoms with Crippen LogP contribution in [0.5, 0.6) is 11.6 Å². The minimum absolute atomic E-state index is 0.370. The number of rotatable bonds is 4. The normalized spacial score (nSPS) is 15.4. The zero-order valence-electron chi connectivity index (χ0n) is 14.5. The van der Waals surface area contributed by atoms with Gasteiger partial charge in [0.25, 0.3) is 0 Å². The number of pyridine rings is 1. The van der Waals surface area contributed by atoms with Crippen molar-refractivity contribution in [3.8, 4) is 23.0 Å². The second-order valence-electron chi connectivity index (χ2n) is 6.39. The minimum atomic E-state index is 0.370. The second-order valence-corrected chi connectivity index (χ2v) is 6.39. The van der Waals surface area contributed by atoms with E-state index in [1.54, 1.807) is 14.2 Å². The van der Waals surface area contributed by atoms with Gasteiger partial charge in [-0.2, -0.15) is 4.98 Å². The van der Waals surface area contributed by atoms with Crippen molar-refractivity contribution >= 4 is 10.9 Å². The molecule has 4 rings (SSSR count). The highest BCUT2D eigenvalue weighted by atomic mass is 16.5. The van der Waals surface area contributed by atoms with Crippen molar-refractivity contribution < 1.29 is 14.0 Å². The van der Waals surface area contributed by atoms with E-state index in [1.165, 1.54) is 19.3 Å². The Labute approximate surface area is 146 Å². The Balaban J connectivity index is 1.75. The lowest BCUT2D eigenvalue weighted by Gasteiger charge is -2.17. The molecule has 0 saturated heterocycles. The molecular weight excluding hydrogens is 318 g/mol. The molecule has 0 bridgehead atoms. The molecule has 6 heteroatoms. The van der Waals surface area contributed by atoms with E-state index < -0.39 is 0 Å². The van der Waals surface area contributed by atoms with Gasteiger partial charge in [-0.05, 0) is 37.1 Å². The molecule has 6 nitrogen and oxygen atoms in total. The van der Waals surface area contributed by atoms with Crippen molar-refractivity contribution in [1.29, 1.82) is 0 Å². The van der Waals surface area contributed by atoms with E-state index in [1.807, 2.05) is 24.3 Å². The van der Waals surface area contributed by atoms with Gasteiger partial charge in [0.15, 0.2) is 0 Å². The molecule has 1 aromatic carbocycles. The fraction of sp³-hybridized carbons (Fsp3) is 0.421. The molecule has 2 heterocycles. The second kappa shape index (κ2) is 6.70. The number of aromatic nitrogens is 3. The highest BCUT2D eigenvalue weighted by Gasteiger charge is 2.23. The van der Waals surface area contributed by atoms with Gasteiger partial charge in [-0.3, -0.25) is 0 Å². The average molecular weight is 339 g/mol. The quantitative estimate of drug-likeness (QED) is 0.704. The van der Waals surface area contributed by atoms with E-state index in [0.717, 1.165) is 40.9 Å². The first kappa shape index (κ1) is 15.9. The van der Waals surface area contributed by atoms with Gasteiger partial charge in [-0.25, -0.2) is 4.98 Å². The maximum absolute atomic E-state index is 5.55. The molecule has 1 aliphatic carbocycles. The number of benzene rings is 1. The van der Waals surface area contributed by atoms with Gasteiger partial charge in [-0.15, -0.1) is 0 Å². The van der Waals surface area contributed by atoms with Crippen LogP contribution >= 0.6 is 0 Å². The zero-order chi connectivity index (χ0) is 17.2. The molecule has 0 atom stereocenters. The Morgan fingerprint density at radius 3 is 2.60 bits per heavy atom. The zero-order valence-corrected chi connectivity index (χ0v) is 14.5. The summed E-state index contributed by atoms with van der Waals surface area (Å²) in [7, 11) is 3.25. The summed E-state index contributed by atoms with van der Waals surface area (Å²) in [5.74, 6) is 2.89. The minimum Gasteiger partial charge on any atom is -0.497 e. The lowest BCUT2D eigenvalue weighted by molar-refractivity contribution is 0.314. The Morgan fingerprint density at radius 2 is 1.84 bits per heavy atom. The molecule has 3 aromatic rings. The first-order chi connectivity index (χ1) is 12.3. The number of methoxy groups -OCH3 is 2. The molecule has 1 aliphatic rings. The van der Waals surface area contributed by atoms with E-state index in [9.17, 15) is 0 Å². The van der Waals surface area contributed by atoms with Gasteiger partial charge in [0.05, 0.1) is 25.3 Å². The number of ether oxygens (including phenoxy) is 2. The monoisotopic (exact) mass is 339 g/mol. The number of hydrogen-bond donors (Lipinski definition) is 0. The van der Waals surface area contributed by atoms with Crippen LogP contribution in [-0.4, -0.2) is 29.3 Å². The molecule has 0 spiro atoms. The molecule has 0 unspecified atom stereocenters. The summed E-state index contributed by atoms with van der Waals surface area (Å²) in [4.78, 5) is 9.20. The lowest BCUT2D eigenvalue weighted by Crippen LogP contribution is -2.04. The highest BCUT2D eigenvalue weighted by molar-refractivity contribution is 5.86. The summed E-state index contributed by atoms with van der Waals surface area (Å²) in [5.41, 5.74) is 1.56. The number of fused-ring (bicyclic) bond motifs is 1. The lowest BCUT2D eigenvalue weighted by atomic mass is 9.89. The summed E-state index contributed by atoms with van der Waals surface area (Å²) < 4.78 is 16.3. The van der Waals surface area contributed by atoms with E-state index in [0.29, 0.717) is 17.6 Å². The van der Waals surface area contributed by atoms with Crippen LogP contribution in [0, 0.1) is 0 Å². The molecule has 0 radical (unpaired) electrons. The molecule has 0 amide bonds. The van der Waals surface area contributed by atoms with Gasteiger partial charge in [0, 0.05) is 11.3 Å². The van der Waals surface area contributed by atoms with Crippen molar-refractivity contribution in [2.75, 3.05) is 14.2 Å². The predicted molar refractivity (Wildman–Crippen MR) is 94.0 cm³/mol. The third kappa shape index (κ3) is 3.04. The van der Waals surface area contributed by atoms with Crippen molar-refractivity contribution in [2.24, 2.45) is 0 Å². The van der Waals surface area contributed by atoms with E-state index in [-0.39, 0.29) is 0 Å². The van der Waals surface area contributed by atoms with E-state index in [2.05, 4.69) is 15.1 Å². The Bertz CT molecular complexity index is 885. The molecule has 1 saturated carbocycles. The van der Waals surface area contributed by atoms with Crippen LogP contribution < -0.4 is 9.47 Å². The van der Waals surface area contributed by atoms with Crippen LogP contribution in [0.4, 0.5) is 0 Å². The first-order valence-corrected chi connectivity index (χ1v) is 8.65. The maximum Gasteiger partial charge on any atom is 0.230 e. The van der Waals surface area contributed by atoms with E-state index in [4.69, 9.17) is 14.0 Å². The fourth-order valence-corrected chi connectivity index (χ4v) is 3.44. The van der Waals surface area contributed by atoms with Crippen LogP contribution in [0.1, 0.15) is 43.9 Å². The van der Waals surface area contributed by atoms with Crippen molar-refractivity contribution in [2.45, 2.75) is 38.0 Å². The SMILES string of the molecule is COc1ccc2nc(OC)c(-c3noc(C4CCCCC4)n3)cc2c1. The van der Waals surface area contributed by atoms with Crippen LogP contribution in [0.3, 0.4) is 0 Å². The molecule has 130 valence electrons. The summed E-state index contributed by atoms with van der Waals surface area (Å²) in [6.07, 6.45) is 5.98. The summed E-state index contributed by atoms with van der Waals surface area (Å²) >= 11 is 0. The standard InChI is InChI=1S/C19H21N3O3/c1-23-14-8-9-16-13(10-14)11-15(19(20-16)24-2)17-21-18(25-22-17)12-6-4-3-5-7-12/h8-12H,3-7H2,1-2H3. The Morgan fingerprint density at radius 1 is 1.00 bits per heavy atom. The van der Waals surface area contributed by atoms with Crippen molar-refractivity contribution in [3.63, 3.8) is 0 Å². The molecule has 1 fully saturated rings. The first-order valence-electron chi connectivity index (χ1n) is 8.65. The molecule has 2 aromatic heterocycles. The molecule has 25 heavy (non-hydrogen) atoms. The summed E-state index contributed by atoms with van der Waals surface area (Å²) in [6.45, 7) is 0. The smallest absolute Gasteiger partial charge is 0.230 e. The number of hydrogen-bond acceptors (Lipinski definition) is 6. The largest absolute Gasteiger partial charge is 0.497 e. The third-order valence-corrected chi connectivity index (χ3v) is 4.82. The predicted octanol–water partition coefficient (Wildman–Crippen LogP) is 4.35. The van der Waals surface area contributed by atoms with Crippen LogP contribution in [0.15, 0.2) is 28.8 Å². The van der Waals surface area contributed by atoms with Crippen LogP contribution in [0.25, 0.3) is 22.3 Å². The summed E-state index contributed by atoms with van der Waals surface area (Å²) in [5, 5.41) is 5.13. The van der Waals surface area contributed by atoms with Gasteiger partial charge in [0.1, 0.15) is 5.75 Å². The molecule has 0 aliphatic heterocycles.